The Hall–Kier alpha value is -1.94. The fourth-order valence-electron chi connectivity index (χ4n) is 2.55. The molecule has 25 heavy (non-hydrogen) atoms. The molecule has 0 spiro atoms. The Morgan fingerprint density at radius 1 is 1.00 bits per heavy atom. The summed E-state index contributed by atoms with van der Waals surface area (Å²) in [5.41, 5.74) is 1.91. The molecular weight excluding hydrogens is 341 g/mol. The van der Waals surface area contributed by atoms with E-state index in [-0.39, 0.29) is 5.56 Å². The lowest BCUT2D eigenvalue weighted by Gasteiger charge is -2.04. The summed E-state index contributed by atoms with van der Waals surface area (Å²) in [7, 11) is 0. The van der Waals surface area contributed by atoms with Crippen molar-refractivity contribution >= 4 is 23.2 Å². The molecule has 2 rings (SSSR count). The Balaban J connectivity index is 2.01. The Morgan fingerprint density at radius 3 is 2.40 bits per heavy atom. The van der Waals surface area contributed by atoms with Gasteiger partial charge in [-0.05, 0) is 36.1 Å². The molecule has 0 bridgehead atoms. The monoisotopic (exact) mass is 362 g/mol. The Bertz CT molecular complexity index is 748. The summed E-state index contributed by atoms with van der Waals surface area (Å²) in [4.78, 5) is 0.488. The smallest absolute Gasteiger partial charge is 0.166 e. The van der Waals surface area contributed by atoms with Crippen LogP contribution in [-0.4, -0.2) is 4.86 Å². The van der Waals surface area contributed by atoms with E-state index >= 15 is 0 Å². The van der Waals surface area contributed by atoms with Gasteiger partial charge < -0.3 is 0 Å². The molecule has 2 aromatic carbocycles. The van der Waals surface area contributed by atoms with Crippen LogP contribution in [0, 0.1) is 17.5 Å². The van der Waals surface area contributed by atoms with Gasteiger partial charge in [-0.1, -0.05) is 68.7 Å². The highest BCUT2D eigenvalue weighted by Crippen LogP contribution is 2.17. The molecule has 0 saturated heterocycles. The molecule has 0 radical (unpaired) electrons. The second-order valence-corrected chi connectivity index (χ2v) is 6.44. The molecule has 0 atom stereocenters. The number of allylic oxidation sites excluding steroid dienone is 1. The van der Waals surface area contributed by atoms with Gasteiger partial charge in [0, 0.05) is 16.5 Å². The molecule has 4 heteroatoms. The lowest BCUT2D eigenvalue weighted by Crippen LogP contribution is -1.95. The highest BCUT2D eigenvalue weighted by Gasteiger charge is 2.09. The van der Waals surface area contributed by atoms with Gasteiger partial charge in [0.05, 0.1) is 0 Å². The molecule has 0 aliphatic carbocycles. The molecule has 0 heterocycles. The number of halogens is 3. The van der Waals surface area contributed by atoms with Gasteiger partial charge in [-0.25, -0.2) is 13.2 Å². The normalized spacial score (nSPS) is 11.2. The highest BCUT2D eigenvalue weighted by molar-refractivity contribution is 7.81. The number of hydrogen-bond donors (Lipinski definition) is 0. The standard InChI is InChI=1S/C21H21F3S/c1-2-3-4-5-6-15-7-9-16(10-8-15)20(25)12-11-17-13-18(22)14-19(23)21(17)24/h7-14H,2-6H2,1H3. The van der Waals surface area contributed by atoms with E-state index in [1.54, 1.807) is 0 Å². The van der Waals surface area contributed by atoms with E-state index in [4.69, 9.17) is 12.2 Å². The minimum Gasteiger partial charge on any atom is -0.207 e. The van der Waals surface area contributed by atoms with E-state index in [0.717, 1.165) is 18.1 Å². The van der Waals surface area contributed by atoms with Crippen LogP contribution in [0.2, 0.25) is 0 Å². The second-order valence-electron chi connectivity index (χ2n) is 6.00. The Labute approximate surface area is 152 Å². The lowest BCUT2D eigenvalue weighted by atomic mass is 10.0. The second kappa shape index (κ2) is 9.52. The molecule has 0 nitrogen and oxygen atoms in total. The van der Waals surface area contributed by atoms with Crippen LogP contribution in [0.5, 0.6) is 0 Å². The van der Waals surface area contributed by atoms with Crippen molar-refractivity contribution in [2.24, 2.45) is 0 Å². The quantitative estimate of drug-likeness (QED) is 0.166. The van der Waals surface area contributed by atoms with Crippen molar-refractivity contribution < 1.29 is 13.2 Å². The molecule has 0 fully saturated rings. The molecule has 0 N–H and O–H groups in total. The molecule has 0 aliphatic rings. The van der Waals surface area contributed by atoms with Gasteiger partial charge in [-0.2, -0.15) is 0 Å². The van der Waals surface area contributed by atoms with Crippen LogP contribution in [0.1, 0.15) is 49.3 Å². The van der Waals surface area contributed by atoms with Crippen molar-refractivity contribution in [2.75, 3.05) is 0 Å². The molecule has 0 unspecified atom stereocenters. The van der Waals surface area contributed by atoms with Crippen molar-refractivity contribution in [2.45, 2.75) is 39.0 Å². The van der Waals surface area contributed by atoms with Gasteiger partial charge in [0.25, 0.3) is 0 Å². The number of rotatable bonds is 8. The van der Waals surface area contributed by atoms with Gasteiger partial charge in [0.15, 0.2) is 11.6 Å². The van der Waals surface area contributed by atoms with Crippen LogP contribution in [-0.2, 0) is 6.42 Å². The number of benzene rings is 2. The summed E-state index contributed by atoms with van der Waals surface area (Å²) in [5.74, 6) is -3.11. The minimum absolute atomic E-state index is 0.160. The summed E-state index contributed by atoms with van der Waals surface area (Å²) in [6.07, 6.45) is 8.69. The SMILES string of the molecule is CCCCCCc1ccc(C(=S)C=Cc2cc(F)cc(F)c2F)cc1. The molecule has 2 aromatic rings. The first kappa shape index (κ1) is 19.4. The number of thiocarbonyl (C=S) groups is 1. The maximum Gasteiger partial charge on any atom is 0.166 e. The maximum atomic E-state index is 13.6. The summed E-state index contributed by atoms with van der Waals surface area (Å²) < 4.78 is 40.0. The lowest BCUT2D eigenvalue weighted by molar-refractivity contribution is 0.493. The van der Waals surface area contributed by atoms with Gasteiger partial charge in [0.1, 0.15) is 5.82 Å². The van der Waals surface area contributed by atoms with Crippen LogP contribution in [0.15, 0.2) is 42.5 Å². The zero-order valence-corrected chi connectivity index (χ0v) is 15.0. The van der Waals surface area contributed by atoms with E-state index in [9.17, 15) is 13.2 Å². The molecule has 0 aromatic heterocycles. The topological polar surface area (TPSA) is 0 Å². The third kappa shape index (κ3) is 5.82. The van der Waals surface area contributed by atoms with E-state index in [1.807, 2.05) is 24.3 Å². The van der Waals surface area contributed by atoms with E-state index in [2.05, 4.69) is 6.92 Å². The summed E-state index contributed by atoms with van der Waals surface area (Å²) >= 11 is 5.30. The van der Waals surface area contributed by atoms with E-state index < -0.39 is 17.5 Å². The van der Waals surface area contributed by atoms with Crippen LogP contribution >= 0.6 is 12.2 Å². The fourth-order valence-corrected chi connectivity index (χ4v) is 2.75. The first-order chi connectivity index (χ1) is 12.0. The predicted octanol–water partition coefficient (Wildman–Crippen LogP) is 6.66. The third-order valence-corrected chi connectivity index (χ3v) is 4.36. The Morgan fingerprint density at radius 2 is 1.72 bits per heavy atom. The van der Waals surface area contributed by atoms with Gasteiger partial charge in [-0.3, -0.25) is 0 Å². The van der Waals surface area contributed by atoms with Crippen LogP contribution in [0.4, 0.5) is 13.2 Å². The highest BCUT2D eigenvalue weighted by atomic mass is 32.1. The molecule has 0 amide bonds. The zero-order valence-electron chi connectivity index (χ0n) is 14.2. The van der Waals surface area contributed by atoms with E-state index in [1.165, 1.54) is 43.4 Å². The molecule has 132 valence electrons. The summed E-state index contributed by atoms with van der Waals surface area (Å²) in [6, 6.07) is 9.36. The van der Waals surface area contributed by atoms with Crippen molar-refractivity contribution in [3.8, 4) is 0 Å². The zero-order chi connectivity index (χ0) is 18.2. The van der Waals surface area contributed by atoms with Crippen molar-refractivity contribution in [3.05, 3.63) is 76.6 Å². The average molecular weight is 362 g/mol. The van der Waals surface area contributed by atoms with Gasteiger partial charge in [0.2, 0.25) is 0 Å². The van der Waals surface area contributed by atoms with Crippen molar-refractivity contribution in [1.82, 2.24) is 0 Å². The largest absolute Gasteiger partial charge is 0.207 e. The van der Waals surface area contributed by atoms with Crippen molar-refractivity contribution in [3.63, 3.8) is 0 Å². The van der Waals surface area contributed by atoms with Crippen LogP contribution in [0.25, 0.3) is 6.08 Å². The summed E-state index contributed by atoms with van der Waals surface area (Å²) in [6.45, 7) is 2.19. The molecule has 0 aliphatic heterocycles. The number of unbranched alkanes of at least 4 members (excludes halogenated alkanes) is 3. The first-order valence-corrected chi connectivity index (χ1v) is 8.88. The first-order valence-electron chi connectivity index (χ1n) is 8.47. The minimum atomic E-state index is -1.21. The fraction of sp³-hybridized carbons (Fsp3) is 0.286. The number of hydrogen-bond acceptors (Lipinski definition) is 1. The van der Waals surface area contributed by atoms with E-state index in [0.29, 0.717) is 10.9 Å². The Kier molecular flexibility index (Phi) is 7.38. The van der Waals surface area contributed by atoms with Gasteiger partial charge >= 0.3 is 0 Å². The van der Waals surface area contributed by atoms with Crippen LogP contribution < -0.4 is 0 Å². The summed E-state index contributed by atoms with van der Waals surface area (Å²) in [5, 5.41) is 0. The molecular formula is C21H21F3S. The maximum absolute atomic E-state index is 13.6. The average Bonchev–Trinajstić information content (AvgIpc) is 2.61. The number of aryl methyl sites for hydroxylation is 1. The van der Waals surface area contributed by atoms with Crippen molar-refractivity contribution in [1.29, 1.82) is 0 Å². The van der Waals surface area contributed by atoms with Crippen LogP contribution in [0.3, 0.4) is 0 Å². The predicted molar refractivity (Wildman–Crippen MR) is 101 cm³/mol. The third-order valence-electron chi connectivity index (χ3n) is 3.99. The van der Waals surface area contributed by atoms with Gasteiger partial charge in [-0.15, -0.1) is 0 Å². The molecule has 0 saturated carbocycles.